The summed E-state index contributed by atoms with van der Waals surface area (Å²) >= 11 is 0. The summed E-state index contributed by atoms with van der Waals surface area (Å²) in [6.07, 6.45) is -7.33. The van der Waals surface area contributed by atoms with Crippen molar-refractivity contribution < 1.29 is 40.6 Å². The minimum atomic E-state index is -5.48. The fraction of sp³-hybridized carbons (Fsp3) is 0.370. The fourth-order valence-electron chi connectivity index (χ4n) is 5.23. The van der Waals surface area contributed by atoms with Gasteiger partial charge in [0.05, 0.1) is 24.1 Å². The van der Waals surface area contributed by atoms with E-state index in [0.717, 1.165) is 12.4 Å². The summed E-state index contributed by atoms with van der Waals surface area (Å²) in [5.41, 5.74) is 5.43. The second kappa shape index (κ2) is 11.8. The van der Waals surface area contributed by atoms with Crippen LogP contribution in [0.3, 0.4) is 0 Å². The molecule has 2 saturated heterocycles. The van der Waals surface area contributed by atoms with Gasteiger partial charge < -0.3 is 20.5 Å². The van der Waals surface area contributed by atoms with E-state index in [0.29, 0.717) is 30.5 Å². The van der Waals surface area contributed by atoms with Crippen molar-refractivity contribution >= 4 is 21.8 Å². The molecule has 1 aromatic heterocycles. The number of likely N-dealkylation sites (N-methyl/N-ethyl adjacent to an activating group) is 1. The van der Waals surface area contributed by atoms with Crippen molar-refractivity contribution in [3.8, 4) is 22.4 Å². The van der Waals surface area contributed by atoms with Crippen molar-refractivity contribution in [2.24, 2.45) is 0 Å². The molecule has 0 spiro atoms. The maximum Gasteiger partial charge on any atom is 0.490 e. The molecule has 3 unspecified atom stereocenters. The Morgan fingerprint density at radius 1 is 1.02 bits per heavy atom. The number of aromatic nitrogens is 2. The number of carbonyl (C=O) groups excluding carboxylic acids is 1. The van der Waals surface area contributed by atoms with Gasteiger partial charge in [0.1, 0.15) is 16.8 Å². The van der Waals surface area contributed by atoms with Crippen LogP contribution in [0.25, 0.3) is 22.4 Å². The highest BCUT2D eigenvalue weighted by atomic mass is 32.2. The molecule has 5 rings (SSSR count). The van der Waals surface area contributed by atoms with Crippen LogP contribution in [0, 0.1) is 5.82 Å². The minimum Gasteiger partial charge on any atom is -0.436 e. The molecular weight excluding hydrogens is 596 g/mol. The van der Waals surface area contributed by atoms with Gasteiger partial charge in [0.2, 0.25) is 10.0 Å². The Balaban J connectivity index is 1.65. The minimum absolute atomic E-state index is 0.0354. The van der Waals surface area contributed by atoms with Gasteiger partial charge in [0.15, 0.2) is 12.0 Å². The average molecular weight is 625 g/mol. The van der Waals surface area contributed by atoms with Crippen LogP contribution < -0.4 is 5.73 Å². The highest BCUT2D eigenvalue weighted by molar-refractivity contribution is 7.89. The number of aliphatic hydroxyl groups excluding tert-OH is 1. The third-order valence-electron chi connectivity index (χ3n) is 7.50. The van der Waals surface area contributed by atoms with Gasteiger partial charge in [-0.2, -0.15) is 17.5 Å². The highest BCUT2D eigenvalue weighted by Crippen LogP contribution is 2.39. The van der Waals surface area contributed by atoms with Gasteiger partial charge in [-0.05, 0) is 18.7 Å². The summed E-state index contributed by atoms with van der Waals surface area (Å²) in [6.45, 7) is 1.24. The quantitative estimate of drug-likeness (QED) is 0.309. The number of esters is 1. The lowest BCUT2D eigenvalue weighted by atomic mass is 10.0. The summed E-state index contributed by atoms with van der Waals surface area (Å²) in [5, 5.41) is 11.1. The number of benzene rings is 2. The first kappa shape index (κ1) is 30.7. The van der Waals surface area contributed by atoms with E-state index in [2.05, 4.69) is 14.7 Å². The molecule has 43 heavy (non-hydrogen) atoms. The van der Waals surface area contributed by atoms with Gasteiger partial charge in [-0.25, -0.2) is 22.6 Å². The molecule has 230 valence electrons. The van der Waals surface area contributed by atoms with Crippen molar-refractivity contribution in [2.75, 3.05) is 45.5 Å². The number of rotatable bonds is 6. The zero-order valence-electron chi connectivity index (χ0n) is 22.8. The molecule has 0 radical (unpaired) electrons. The highest BCUT2D eigenvalue weighted by Gasteiger charge is 2.54. The molecule has 2 aliphatic rings. The number of sulfonamides is 1. The Morgan fingerprint density at radius 3 is 2.28 bits per heavy atom. The second-order valence-electron chi connectivity index (χ2n) is 10.3. The van der Waals surface area contributed by atoms with Gasteiger partial charge in [-0.3, -0.25) is 9.88 Å². The third kappa shape index (κ3) is 6.05. The molecule has 0 aliphatic carbocycles. The Hall–Kier alpha value is -3.70. The summed E-state index contributed by atoms with van der Waals surface area (Å²) in [6, 6.07) is 9.51. The first-order valence-electron chi connectivity index (χ1n) is 13.1. The largest absolute Gasteiger partial charge is 0.490 e. The smallest absolute Gasteiger partial charge is 0.436 e. The van der Waals surface area contributed by atoms with Gasteiger partial charge in [-0.1, -0.05) is 36.4 Å². The number of nitrogens with zero attached hydrogens (tertiary/aromatic N) is 5. The maximum atomic E-state index is 16.5. The van der Waals surface area contributed by atoms with E-state index >= 15 is 4.39 Å². The monoisotopic (exact) mass is 624 g/mol. The Labute approximate surface area is 244 Å². The first-order valence-corrected chi connectivity index (χ1v) is 14.6. The predicted molar refractivity (Wildman–Crippen MR) is 146 cm³/mol. The van der Waals surface area contributed by atoms with Gasteiger partial charge >= 0.3 is 12.1 Å². The number of nitrogens with two attached hydrogens (primary N) is 1. The van der Waals surface area contributed by atoms with Gasteiger partial charge in [0.25, 0.3) is 0 Å². The maximum absolute atomic E-state index is 16.5. The van der Waals surface area contributed by atoms with E-state index in [1.54, 1.807) is 23.1 Å². The Morgan fingerprint density at radius 2 is 1.67 bits per heavy atom. The van der Waals surface area contributed by atoms with E-state index in [4.69, 9.17) is 5.73 Å². The number of halogens is 4. The standard InChI is InChI=1S/C27H28F4N6O5S/c1-35-9-11-36(12-10-35)20-15-37(25(23(20)38)42-26(39)27(29,30)31)43(40,41)24-17(16-5-3-2-4-6-16)7-8-18(22(24)28)19-13-34-21(32)14-33-19/h2-8,13-14,20,23,25,38H,9-12,15H2,1H3,(H2,32,34). The van der Waals surface area contributed by atoms with Crippen molar-refractivity contribution in [3.05, 3.63) is 60.7 Å². The van der Waals surface area contributed by atoms with Crippen molar-refractivity contribution in [1.82, 2.24) is 24.1 Å². The van der Waals surface area contributed by atoms with Crippen molar-refractivity contribution in [1.29, 1.82) is 0 Å². The summed E-state index contributed by atoms with van der Waals surface area (Å²) in [4.78, 5) is 22.6. The normalized spacial score (nSPS) is 22.5. The summed E-state index contributed by atoms with van der Waals surface area (Å²) in [5.74, 6) is -3.92. The van der Waals surface area contributed by atoms with Gasteiger partial charge in [-0.15, -0.1) is 0 Å². The first-order chi connectivity index (χ1) is 20.3. The lowest BCUT2D eigenvalue weighted by molar-refractivity contribution is -0.213. The molecule has 2 aliphatic heterocycles. The van der Waals surface area contributed by atoms with Crippen molar-refractivity contribution in [2.45, 2.75) is 29.4 Å². The van der Waals surface area contributed by atoms with E-state index < -0.39 is 57.8 Å². The number of nitrogen functional groups attached to an aromatic ring is 1. The van der Waals surface area contributed by atoms with E-state index in [9.17, 15) is 31.5 Å². The van der Waals surface area contributed by atoms with Crippen LogP contribution in [0.1, 0.15) is 0 Å². The lowest BCUT2D eigenvalue weighted by Crippen LogP contribution is -2.53. The van der Waals surface area contributed by atoms with Gasteiger partial charge in [0, 0.05) is 43.9 Å². The van der Waals surface area contributed by atoms with E-state index in [-0.39, 0.29) is 28.2 Å². The Bertz CT molecular complexity index is 1590. The third-order valence-corrected chi connectivity index (χ3v) is 9.39. The van der Waals surface area contributed by atoms with Crippen LogP contribution in [0.4, 0.5) is 23.4 Å². The zero-order valence-corrected chi connectivity index (χ0v) is 23.6. The summed E-state index contributed by atoms with van der Waals surface area (Å²) < 4.78 is 90.0. The molecule has 2 aromatic carbocycles. The second-order valence-corrected chi connectivity index (χ2v) is 12.1. The average Bonchev–Trinajstić information content (AvgIpc) is 3.30. The number of alkyl halides is 3. The number of piperazine rings is 1. The number of aliphatic hydroxyl groups is 1. The van der Waals surface area contributed by atoms with Crippen LogP contribution >= 0.6 is 0 Å². The molecule has 0 amide bonds. The fourth-order valence-corrected chi connectivity index (χ4v) is 7.05. The summed E-state index contributed by atoms with van der Waals surface area (Å²) in [7, 11) is -3.24. The SMILES string of the molecule is CN1CCN(C2CN(S(=O)(=O)c3c(-c4ccccc4)ccc(-c4cnc(N)cn4)c3F)C(OC(=O)C(F)(F)F)C2O)CC1. The van der Waals surface area contributed by atoms with Crippen LogP contribution in [0.15, 0.2) is 59.8 Å². The molecule has 3 N–H and O–H groups in total. The zero-order chi connectivity index (χ0) is 31.1. The van der Waals surface area contributed by atoms with Crippen LogP contribution in [-0.2, 0) is 19.6 Å². The number of hydrogen-bond acceptors (Lipinski definition) is 10. The van der Waals surface area contributed by atoms with E-state index in [1.165, 1.54) is 24.3 Å². The number of ether oxygens (including phenoxy) is 1. The molecule has 0 saturated carbocycles. The molecule has 11 nitrogen and oxygen atoms in total. The molecule has 3 heterocycles. The number of carbonyl (C=O) groups is 1. The van der Waals surface area contributed by atoms with Crippen molar-refractivity contribution in [3.63, 3.8) is 0 Å². The number of anilines is 1. The molecule has 0 bridgehead atoms. The van der Waals surface area contributed by atoms with Crippen LogP contribution in [0.2, 0.25) is 0 Å². The lowest BCUT2D eigenvalue weighted by Gasteiger charge is -2.37. The molecule has 3 atom stereocenters. The van der Waals surface area contributed by atoms with Crippen LogP contribution in [0.5, 0.6) is 0 Å². The van der Waals surface area contributed by atoms with E-state index in [1.807, 2.05) is 11.9 Å². The topological polar surface area (TPSA) is 142 Å². The molecule has 3 aromatic rings. The number of hydrogen-bond donors (Lipinski definition) is 2. The molecule has 16 heteroatoms. The predicted octanol–water partition coefficient (Wildman–Crippen LogP) is 1.94. The molecule has 2 fully saturated rings. The Kier molecular flexibility index (Phi) is 8.41. The van der Waals surface area contributed by atoms with Crippen LogP contribution in [-0.4, -0.2) is 108 Å². The molecular formula is C27H28F4N6O5S.